The molecule has 1 saturated carbocycles. The second-order valence-electron chi connectivity index (χ2n) is 4.38. The topological polar surface area (TPSA) is 49.3 Å². The zero-order valence-corrected chi connectivity index (χ0v) is 9.23. The minimum Gasteiger partial charge on any atom is -0.480 e. The Labute approximate surface area is 95.5 Å². The van der Waals surface area contributed by atoms with Crippen LogP contribution in [0.3, 0.4) is 0 Å². The van der Waals surface area contributed by atoms with Crippen LogP contribution in [-0.4, -0.2) is 23.2 Å². The van der Waals surface area contributed by atoms with Crippen molar-refractivity contribution in [1.82, 2.24) is 5.32 Å². The highest BCUT2D eigenvalue weighted by molar-refractivity contribution is 5.74. The number of aliphatic carboxylic acids is 1. The van der Waals surface area contributed by atoms with Gasteiger partial charge in [0.2, 0.25) is 0 Å². The van der Waals surface area contributed by atoms with Crippen LogP contribution >= 0.6 is 0 Å². The van der Waals surface area contributed by atoms with E-state index in [9.17, 15) is 4.79 Å². The molecule has 1 unspecified atom stereocenters. The number of carboxylic acids is 1. The van der Waals surface area contributed by atoms with Crippen molar-refractivity contribution < 1.29 is 9.90 Å². The summed E-state index contributed by atoms with van der Waals surface area (Å²) in [4.78, 5) is 11.1. The van der Waals surface area contributed by atoms with Gasteiger partial charge in [0.1, 0.15) is 6.04 Å². The van der Waals surface area contributed by atoms with Crippen molar-refractivity contribution in [1.29, 1.82) is 0 Å². The van der Waals surface area contributed by atoms with Crippen molar-refractivity contribution in [3.05, 3.63) is 35.9 Å². The lowest BCUT2D eigenvalue weighted by Gasteiger charge is -2.29. The normalized spacial score (nSPS) is 17.8. The van der Waals surface area contributed by atoms with Gasteiger partial charge in [0.15, 0.2) is 0 Å². The lowest BCUT2D eigenvalue weighted by molar-refractivity contribution is -0.139. The molecule has 2 rings (SSSR count). The first kappa shape index (κ1) is 11.1. The van der Waals surface area contributed by atoms with Crippen LogP contribution in [0.15, 0.2) is 30.3 Å². The molecule has 0 aliphatic heterocycles. The number of carbonyl (C=O) groups is 1. The van der Waals surface area contributed by atoms with E-state index in [1.54, 1.807) is 0 Å². The molecular weight excluding hydrogens is 202 g/mol. The largest absolute Gasteiger partial charge is 0.480 e. The first-order chi connectivity index (χ1) is 7.75. The van der Waals surface area contributed by atoms with Gasteiger partial charge >= 0.3 is 5.97 Å². The molecule has 1 fully saturated rings. The molecule has 0 bridgehead atoms. The number of nitrogens with one attached hydrogen (secondary N) is 1. The Bertz CT molecular complexity index is 346. The summed E-state index contributed by atoms with van der Waals surface area (Å²) in [7, 11) is 0. The van der Waals surface area contributed by atoms with Gasteiger partial charge in [-0.3, -0.25) is 4.79 Å². The second-order valence-corrected chi connectivity index (χ2v) is 4.38. The van der Waals surface area contributed by atoms with Gasteiger partial charge in [-0.05, 0) is 24.8 Å². The van der Waals surface area contributed by atoms with E-state index < -0.39 is 12.0 Å². The van der Waals surface area contributed by atoms with E-state index in [1.807, 2.05) is 30.3 Å². The van der Waals surface area contributed by atoms with Crippen LogP contribution in [0.25, 0.3) is 0 Å². The third-order valence-corrected chi connectivity index (χ3v) is 3.12. The lowest BCUT2D eigenvalue weighted by Crippen LogP contribution is -2.47. The van der Waals surface area contributed by atoms with Crippen molar-refractivity contribution in [3.63, 3.8) is 0 Å². The van der Waals surface area contributed by atoms with Gasteiger partial charge in [-0.2, -0.15) is 0 Å². The molecule has 16 heavy (non-hydrogen) atoms. The van der Waals surface area contributed by atoms with E-state index in [-0.39, 0.29) is 0 Å². The molecule has 1 aliphatic carbocycles. The van der Waals surface area contributed by atoms with E-state index in [1.165, 1.54) is 6.42 Å². The maximum absolute atomic E-state index is 11.1. The highest BCUT2D eigenvalue weighted by Crippen LogP contribution is 2.19. The van der Waals surface area contributed by atoms with Gasteiger partial charge in [-0.15, -0.1) is 0 Å². The van der Waals surface area contributed by atoms with E-state index >= 15 is 0 Å². The van der Waals surface area contributed by atoms with E-state index in [0.29, 0.717) is 12.5 Å². The molecule has 0 radical (unpaired) electrons. The smallest absolute Gasteiger partial charge is 0.321 e. The third-order valence-electron chi connectivity index (χ3n) is 3.12. The van der Waals surface area contributed by atoms with Crippen LogP contribution in [0.2, 0.25) is 0 Å². The molecule has 86 valence electrons. The van der Waals surface area contributed by atoms with Crippen LogP contribution in [0.5, 0.6) is 0 Å². The van der Waals surface area contributed by atoms with Gasteiger partial charge in [-0.25, -0.2) is 0 Å². The zero-order valence-electron chi connectivity index (χ0n) is 9.23. The predicted molar refractivity (Wildman–Crippen MR) is 62.3 cm³/mol. The monoisotopic (exact) mass is 219 g/mol. The Hall–Kier alpha value is -1.35. The quantitative estimate of drug-likeness (QED) is 0.794. The zero-order chi connectivity index (χ0) is 11.4. The Balaban J connectivity index is 1.94. The van der Waals surface area contributed by atoms with Crippen LogP contribution < -0.4 is 5.32 Å². The fraction of sp³-hybridized carbons (Fsp3) is 0.462. The summed E-state index contributed by atoms with van der Waals surface area (Å²) in [6, 6.07) is 9.72. The molecule has 3 heteroatoms. The number of carboxylic acid groups (broad SMARTS) is 1. The standard InChI is InChI=1S/C13H17NO2/c15-13(16)12(14-11-7-4-8-11)9-10-5-2-1-3-6-10/h1-3,5-6,11-12,14H,4,7-9H2,(H,15,16). The van der Waals surface area contributed by atoms with E-state index in [0.717, 1.165) is 18.4 Å². The maximum Gasteiger partial charge on any atom is 0.321 e. The summed E-state index contributed by atoms with van der Waals surface area (Å²) in [5, 5.41) is 12.3. The molecule has 1 aliphatic rings. The van der Waals surface area contributed by atoms with Gasteiger partial charge in [-0.1, -0.05) is 36.8 Å². The third kappa shape index (κ3) is 2.83. The summed E-state index contributed by atoms with van der Waals surface area (Å²) < 4.78 is 0. The number of benzene rings is 1. The van der Waals surface area contributed by atoms with Crippen molar-refractivity contribution >= 4 is 5.97 Å². The lowest BCUT2D eigenvalue weighted by atomic mass is 9.91. The van der Waals surface area contributed by atoms with E-state index in [2.05, 4.69) is 5.32 Å². The summed E-state index contributed by atoms with van der Waals surface area (Å²) >= 11 is 0. The van der Waals surface area contributed by atoms with Crippen molar-refractivity contribution in [2.45, 2.75) is 37.8 Å². The highest BCUT2D eigenvalue weighted by Gasteiger charge is 2.25. The number of rotatable bonds is 5. The first-order valence-corrected chi connectivity index (χ1v) is 5.78. The fourth-order valence-corrected chi connectivity index (χ4v) is 1.93. The summed E-state index contributed by atoms with van der Waals surface area (Å²) in [5.41, 5.74) is 1.07. The molecule has 0 aromatic heterocycles. The Kier molecular flexibility index (Phi) is 3.57. The summed E-state index contributed by atoms with van der Waals surface area (Å²) in [5.74, 6) is -0.754. The Morgan fingerprint density at radius 1 is 1.38 bits per heavy atom. The summed E-state index contributed by atoms with van der Waals surface area (Å²) in [6.45, 7) is 0. The highest BCUT2D eigenvalue weighted by atomic mass is 16.4. The van der Waals surface area contributed by atoms with Gasteiger partial charge in [0.25, 0.3) is 0 Å². The molecule has 0 spiro atoms. The molecule has 2 N–H and O–H groups in total. The molecular formula is C13H17NO2. The minimum absolute atomic E-state index is 0.407. The van der Waals surface area contributed by atoms with Gasteiger partial charge in [0, 0.05) is 6.04 Å². The Morgan fingerprint density at radius 2 is 2.06 bits per heavy atom. The van der Waals surface area contributed by atoms with Gasteiger partial charge in [0.05, 0.1) is 0 Å². The average molecular weight is 219 g/mol. The Morgan fingerprint density at radius 3 is 2.56 bits per heavy atom. The van der Waals surface area contributed by atoms with Crippen LogP contribution in [0.1, 0.15) is 24.8 Å². The first-order valence-electron chi connectivity index (χ1n) is 5.78. The molecule has 3 nitrogen and oxygen atoms in total. The van der Waals surface area contributed by atoms with E-state index in [4.69, 9.17) is 5.11 Å². The number of hydrogen-bond donors (Lipinski definition) is 2. The van der Waals surface area contributed by atoms with Gasteiger partial charge < -0.3 is 10.4 Å². The summed E-state index contributed by atoms with van der Waals surface area (Å²) in [6.07, 6.45) is 4.00. The minimum atomic E-state index is -0.754. The van der Waals surface area contributed by atoms with Crippen molar-refractivity contribution in [2.24, 2.45) is 0 Å². The van der Waals surface area contributed by atoms with Crippen molar-refractivity contribution in [3.8, 4) is 0 Å². The predicted octanol–water partition coefficient (Wildman–Crippen LogP) is 1.82. The molecule has 0 amide bonds. The second kappa shape index (κ2) is 5.12. The fourth-order valence-electron chi connectivity index (χ4n) is 1.93. The van der Waals surface area contributed by atoms with Crippen LogP contribution in [-0.2, 0) is 11.2 Å². The van der Waals surface area contributed by atoms with Crippen molar-refractivity contribution in [2.75, 3.05) is 0 Å². The molecule has 0 heterocycles. The molecule has 1 aromatic carbocycles. The van der Waals surface area contributed by atoms with Crippen LogP contribution in [0, 0.1) is 0 Å². The average Bonchev–Trinajstić information content (AvgIpc) is 2.22. The number of hydrogen-bond acceptors (Lipinski definition) is 2. The van der Waals surface area contributed by atoms with Crippen LogP contribution in [0.4, 0.5) is 0 Å². The molecule has 0 saturated heterocycles. The maximum atomic E-state index is 11.1. The SMILES string of the molecule is O=C(O)C(Cc1ccccc1)NC1CCC1. The molecule has 1 aromatic rings. The molecule has 1 atom stereocenters.